The minimum Gasteiger partial charge on any atom is -0.349 e. The fraction of sp³-hybridized carbons (Fsp3) is 0.118. The van der Waals surface area contributed by atoms with Gasteiger partial charge in [0.15, 0.2) is 5.82 Å². The van der Waals surface area contributed by atoms with E-state index in [4.69, 9.17) is 0 Å². The highest BCUT2D eigenvalue weighted by Crippen LogP contribution is 2.17. The molecule has 0 unspecified atom stereocenters. The summed E-state index contributed by atoms with van der Waals surface area (Å²) in [6.07, 6.45) is 1.45. The van der Waals surface area contributed by atoms with Crippen molar-refractivity contribution >= 4 is 17.5 Å². The molecule has 2 aromatic carbocycles. The third-order valence-corrected chi connectivity index (χ3v) is 3.23. The number of aromatic nitrogens is 3. The lowest BCUT2D eigenvalue weighted by Gasteiger charge is -2.08. The van der Waals surface area contributed by atoms with Gasteiger partial charge in [0, 0.05) is 6.54 Å². The quantitative estimate of drug-likeness (QED) is 0.753. The molecule has 0 aliphatic rings. The van der Waals surface area contributed by atoms with E-state index < -0.39 is 0 Å². The van der Waals surface area contributed by atoms with Gasteiger partial charge in [0.2, 0.25) is 5.95 Å². The lowest BCUT2D eigenvalue weighted by Crippen LogP contribution is -2.06. The zero-order chi connectivity index (χ0) is 16.1. The molecule has 6 heteroatoms. The van der Waals surface area contributed by atoms with Crippen molar-refractivity contribution in [1.29, 1.82) is 0 Å². The van der Waals surface area contributed by atoms with Gasteiger partial charge in [0.25, 0.3) is 0 Å². The molecular formula is C17H16FN5. The summed E-state index contributed by atoms with van der Waals surface area (Å²) in [5.41, 5.74) is 2.66. The second-order valence-electron chi connectivity index (χ2n) is 5.11. The number of aryl methyl sites for hydroxylation is 1. The monoisotopic (exact) mass is 309 g/mol. The van der Waals surface area contributed by atoms with Gasteiger partial charge < -0.3 is 10.6 Å². The molecule has 2 N–H and O–H groups in total. The molecule has 0 saturated heterocycles. The van der Waals surface area contributed by atoms with Crippen LogP contribution in [0.4, 0.5) is 21.8 Å². The average Bonchev–Trinajstić information content (AvgIpc) is 2.56. The largest absolute Gasteiger partial charge is 0.349 e. The second kappa shape index (κ2) is 6.83. The van der Waals surface area contributed by atoms with E-state index >= 15 is 0 Å². The van der Waals surface area contributed by atoms with Crippen molar-refractivity contribution in [2.75, 3.05) is 10.6 Å². The van der Waals surface area contributed by atoms with E-state index in [1.54, 1.807) is 18.2 Å². The van der Waals surface area contributed by atoms with E-state index in [-0.39, 0.29) is 5.82 Å². The molecule has 0 aliphatic heterocycles. The molecule has 3 aromatic rings. The van der Waals surface area contributed by atoms with Gasteiger partial charge in [-0.05, 0) is 24.6 Å². The van der Waals surface area contributed by atoms with Crippen molar-refractivity contribution in [2.24, 2.45) is 0 Å². The SMILES string of the molecule is Cc1cccc(CNc2nncc(Nc3ccccc3F)n2)c1. The predicted octanol–water partition coefficient (Wildman–Crippen LogP) is 3.67. The van der Waals surface area contributed by atoms with Crippen LogP contribution >= 0.6 is 0 Å². The van der Waals surface area contributed by atoms with E-state index in [0.29, 0.717) is 24.0 Å². The molecule has 0 bridgehead atoms. The Morgan fingerprint density at radius 1 is 1.09 bits per heavy atom. The first-order valence-electron chi connectivity index (χ1n) is 7.21. The first-order valence-corrected chi connectivity index (χ1v) is 7.21. The zero-order valence-corrected chi connectivity index (χ0v) is 12.6. The third-order valence-electron chi connectivity index (χ3n) is 3.23. The summed E-state index contributed by atoms with van der Waals surface area (Å²) < 4.78 is 13.6. The van der Waals surface area contributed by atoms with Crippen LogP contribution in [0.15, 0.2) is 54.7 Å². The Bertz CT molecular complexity index is 806. The minimum atomic E-state index is -0.347. The molecule has 3 rings (SSSR count). The highest BCUT2D eigenvalue weighted by Gasteiger charge is 2.04. The molecule has 0 spiro atoms. The molecule has 0 aliphatic carbocycles. The summed E-state index contributed by atoms with van der Waals surface area (Å²) in [5, 5.41) is 13.8. The Labute approximate surface area is 133 Å². The average molecular weight is 309 g/mol. The summed E-state index contributed by atoms with van der Waals surface area (Å²) in [7, 11) is 0. The molecular weight excluding hydrogens is 293 g/mol. The predicted molar refractivity (Wildman–Crippen MR) is 88.0 cm³/mol. The fourth-order valence-corrected chi connectivity index (χ4v) is 2.14. The number of halogens is 1. The number of hydrogen-bond acceptors (Lipinski definition) is 5. The van der Waals surface area contributed by atoms with Crippen LogP contribution in [-0.2, 0) is 6.54 Å². The van der Waals surface area contributed by atoms with Crippen molar-refractivity contribution in [3.63, 3.8) is 0 Å². The van der Waals surface area contributed by atoms with E-state index in [2.05, 4.69) is 31.9 Å². The van der Waals surface area contributed by atoms with E-state index in [0.717, 1.165) is 5.56 Å². The number of para-hydroxylation sites is 1. The second-order valence-corrected chi connectivity index (χ2v) is 5.11. The molecule has 5 nitrogen and oxygen atoms in total. The first-order chi connectivity index (χ1) is 11.2. The van der Waals surface area contributed by atoms with Gasteiger partial charge >= 0.3 is 0 Å². The Balaban J connectivity index is 1.69. The molecule has 1 aromatic heterocycles. The summed E-state index contributed by atoms with van der Waals surface area (Å²) in [4.78, 5) is 4.28. The smallest absolute Gasteiger partial charge is 0.244 e. The van der Waals surface area contributed by atoms with Crippen LogP contribution in [0.25, 0.3) is 0 Å². The van der Waals surface area contributed by atoms with Gasteiger partial charge in [0.1, 0.15) is 5.82 Å². The lowest BCUT2D eigenvalue weighted by atomic mass is 10.1. The van der Waals surface area contributed by atoms with Gasteiger partial charge in [-0.1, -0.05) is 42.0 Å². The molecule has 116 valence electrons. The number of anilines is 3. The normalized spacial score (nSPS) is 10.3. The summed E-state index contributed by atoms with van der Waals surface area (Å²) >= 11 is 0. The summed E-state index contributed by atoms with van der Waals surface area (Å²) in [6.45, 7) is 2.63. The lowest BCUT2D eigenvalue weighted by molar-refractivity contribution is 0.631. The fourth-order valence-electron chi connectivity index (χ4n) is 2.14. The number of benzene rings is 2. The maximum absolute atomic E-state index is 13.6. The van der Waals surface area contributed by atoms with Crippen molar-refractivity contribution in [1.82, 2.24) is 15.2 Å². The standard InChI is InChI=1S/C17H16FN5/c1-12-5-4-6-13(9-12)10-19-17-22-16(11-20-23-17)21-15-8-3-2-7-14(15)18/h2-9,11H,10H2,1H3,(H2,19,21,22,23). The Morgan fingerprint density at radius 2 is 1.96 bits per heavy atom. The number of nitrogens with one attached hydrogen (secondary N) is 2. The molecule has 1 heterocycles. The van der Waals surface area contributed by atoms with Crippen LogP contribution < -0.4 is 10.6 Å². The number of nitrogens with zero attached hydrogens (tertiary/aromatic N) is 3. The van der Waals surface area contributed by atoms with E-state index in [1.165, 1.54) is 17.8 Å². The van der Waals surface area contributed by atoms with Crippen molar-refractivity contribution in [3.8, 4) is 0 Å². The van der Waals surface area contributed by atoms with Gasteiger partial charge in [-0.25, -0.2) is 4.39 Å². The van der Waals surface area contributed by atoms with Crippen LogP contribution in [0.3, 0.4) is 0 Å². The van der Waals surface area contributed by atoms with Crippen molar-refractivity contribution in [2.45, 2.75) is 13.5 Å². The van der Waals surface area contributed by atoms with Crippen LogP contribution in [0.2, 0.25) is 0 Å². The van der Waals surface area contributed by atoms with Gasteiger partial charge in [0.05, 0.1) is 11.9 Å². The molecule has 0 fully saturated rings. The number of rotatable bonds is 5. The van der Waals surface area contributed by atoms with Gasteiger partial charge in [-0.2, -0.15) is 10.1 Å². The maximum Gasteiger partial charge on any atom is 0.244 e. The first kappa shape index (κ1) is 14.9. The zero-order valence-electron chi connectivity index (χ0n) is 12.6. The summed E-state index contributed by atoms with van der Waals surface area (Å²) in [6, 6.07) is 14.6. The molecule has 0 radical (unpaired) electrons. The topological polar surface area (TPSA) is 62.7 Å². The Hall–Kier alpha value is -3.02. The molecule has 23 heavy (non-hydrogen) atoms. The third kappa shape index (κ3) is 4.00. The van der Waals surface area contributed by atoms with E-state index in [9.17, 15) is 4.39 Å². The molecule has 0 saturated carbocycles. The maximum atomic E-state index is 13.6. The Morgan fingerprint density at radius 3 is 2.78 bits per heavy atom. The van der Waals surface area contributed by atoms with Crippen LogP contribution in [-0.4, -0.2) is 15.2 Å². The minimum absolute atomic E-state index is 0.345. The van der Waals surface area contributed by atoms with Crippen LogP contribution in [0.1, 0.15) is 11.1 Å². The highest BCUT2D eigenvalue weighted by molar-refractivity contribution is 5.56. The van der Waals surface area contributed by atoms with Crippen molar-refractivity contribution < 1.29 is 4.39 Å². The van der Waals surface area contributed by atoms with Gasteiger partial charge in [-0.15, -0.1) is 5.10 Å². The van der Waals surface area contributed by atoms with Crippen molar-refractivity contribution in [3.05, 3.63) is 71.7 Å². The van der Waals surface area contributed by atoms with E-state index in [1.807, 2.05) is 25.1 Å². The van der Waals surface area contributed by atoms with Gasteiger partial charge in [-0.3, -0.25) is 0 Å². The van der Waals surface area contributed by atoms with Crippen LogP contribution in [0, 0.1) is 12.7 Å². The summed E-state index contributed by atoms with van der Waals surface area (Å²) in [5.74, 6) is 0.463. The molecule has 0 amide bonds. The van der Waals surface area contributed by atoms with Crippen LogP contribution in [0.5, 0.6) is 0 Å². The number of hydrogen-bond donors (Lipinski definition) is 2. The Kier molecular flexibility index (Phi) is 4.42. The molecule has 0 atom stereocenters. The highest BCUT2D eigenvalue weighted by atomic mass is 19.1.